The molecule has 1 heterocycles. The van der Waals surface area contributed by atoms with E-state index in [1.165, 1.54) is 17.5 Å². The Bertz CT molecular complexity index is 580. The van der Waals surface area contributed by atoms with E-state index < -0.39 is 10.0 Å². The molecule has 0 N–H and O–H groups in total. The largest absolute Gasteiger partial charge is 0.497 e. The van der Waals surface area contributed by atoms with Gasteiger partial charge in [-0.25, -0.2) is 8.42 Å². The van der Waals surface area contributed by atoms with Gasteiger partial charge in [0.1, 0.15) is 16.4 Å². The first-order chi connectivity index (χ1) is 9.05. The molecule has 0 saturated heterocycles. The molecule has 1 aromatic carbocycles. The molecule has 1 aliphatic rings. The Balaban J connectivity index is 2.51. The van der Waals surface area contributed by atoms with Gasteiger partial charge in [0.25, 0.3) is 0 Å². The number of likely N-dealkylation sites (N-methyl/N-ethyl adjacent to an activating group) is 1. The van der Waals surface area contributed by atoms with Crippen LogP contribution < -0.4 is 9.47 Å². The zero-order valence-corrected chi connectivity index (χ0v) is 11.8. The Morgan fingerprint density at radius 1 is 1.32 bits per heavy atom. The van der Waals surface area contributed by atoms with E-state index in [2.05, 4.69) is 0 Å². The van der Waals surface area contributed by atoms with E-state index in [1.54, 1.807) is 19.2 Å². The molecule has 0 saturated carbocycles. The highest BCUT2D eigenvalue weighted by Gasteiger charge is 2.25. The van der Waals surface area contributed by atoms with Crippen LogP contribution in [0.4, 0.5) is 0 Å². The van der Waals surface area contributed by atoms with Crippen LogP contribution in [0.3, 0.4) is 0 Å². The van der Waals surface area contributed by atoms with Crippen LogP contribution in [0, 0.1) is 0 Å². The Kier molecular flexibility index (Phi) is 4.11. The second kappa shape index (κ2) is 5.63. The lowest BCUT2D eigenvalue weighted by Gasteiger charge is -2.19. The van der Waals surface area contributed by atoms with Gasteiger partial charge in [-0.15, -0.1) is 0 Å². The summed E-state index contributed by atoms with van der Waals surface area (Å²) < 4.78 is 36.8. The van der Waals surface area contributed by atoms with Gasteiger partial charge >= 0.3 is 0 Å². The minimum atomic E-state index is -3.54. The standard InChI is InChI=1S/C13H17NO4S/c1-14-8-4-3-5-9-18-12-10-11(17-2)6-7-13(12)19(14,15)16/h3-4,6-7,10H,5,8-9H2,1-2H3/b4-3-. The molecule has 0 bridgehead atoms. The molecular formula is C13H17NO4S. The van der Waals surface area contributed by atoms with Gasteiger partial charge in [0.2, 0.25) is 10.0 Å². The highest BCUT2D eigenvalue weighted by atomic mass is 32.2. The first kappa shape index (κ1) is 13.9. The van der Waals surface area contributed by atoms with Crippen LogP contribution in [-0.2, 0) is 10.0 Å². The lowest BCUT2D eigenvalue weighted by Crippen LogP contribution is -2.28. The molecule has 2 rings (SSSR count). The summed E-state index contributed by atoms with van der Waals surface area (Å²) >= 11 is 0. The van der Waals surface area contributed by atoms with Crippen molar-refractivity contribution in [2.45, 2.75) is 11.3 Å². The predicted octanol–water partition coefficient (Wildman–Crippen LogP) is 1.65. The molecule has 1 aromatic rings. The Hall–Kier alpha value is -1.53. The van der Waals surface area contributed by atoms with Gasteiger partial charge in [0.05, 0.1) is 13.7 Å². The summed E-state index contributed by atoms with van der Waals surface area (Å²) in [5.74, 6) is 0.908. The molecule has 0 amide bonds. The van der Waals surface area contributed by atoms with Crippen LogP contribution in [0.1, 0.15) is 6.42 Å². The molecule has 0 aromatic heterocycles. The molecule has 19 heavy (non-hydrogen) atoms. The molecule has 0 aliphatic carbocycles. The summed E-state index contributed by atoms with van der Waals surface area (Å²) in [6.07, 6.45) is 4.48. The van der Waals surface area contributed by atoms with E-state index in [-0.39, 0.29) is 4.90 Å². The smallest absolute Gasteiger partial charge is 0.246 e. The van der Waals surface area contributed by atoms with Crippen molar-refractivity contribution in [3.8, 4) is 11.5 Å². The number of hydrogen-bond acceptors (Lipinski definition) is 4. The van der Waals surface area contributed by atoms with E-state index in [0.717, 1.165) is 6.42 Å². The lowest BCUT2D eigenvalue weighted by molar-refractivity contribution is 0.311. The molecule has 0 unspecified atom stereocenters. The fraction of sp³-hybridized carbons (Fsp3) is 0.385. The van der Waals surface area contributed by atoms with Gasteiger partial charge in [0, 0.05) is 19.7 Å². The van der Waals surface area contributed by atoms with Crippen LogP contribution in [-0.4, -0.2) is 40.0 Å². The van der Waals surface area contributed by atoms with E-state index in [4.69, 9.17) is 9.47 Å². The molecular weight excluding hydrogens is 266 g/mol. The van der Waals surface area contributed by atoms with Gasteiger partial charge in [-0.2, -0.15) is 4.31 Å². The summed E-state index contributed by atoms with van der Waals surface area (Å²) in [7, 11) is -0.460. The number of benzene rings is 1. The summed E-state index contributed by atoms with van der Waals surface area (Å²) in [6, 6.07) is 4.74. The molecule has 104 valence electrons. The Morgan fingerprint density at radius 2 is 2.11 bits per heavy atom. The third-order valence-corrected chi connectivity index (χ3v) is 4.77. The fourth-order valence-electron chi connectivity index (χ4n) is 1.79. The maximum absolute atomic E-state index is 12.4. The molecule has 0 spiro atoms. The van der Waals surface area contributed by atoms with E-state index in [0.29, 0.717) is 24.7 Å². The number of nitrogens with zero attached hydrogens (tertiary/aromatic N) is 1. The van der Waals surface area contributed by atoms with Crippen molar-refractivity contribution in [1.82, 2.24) is 4.31 Å². The number of hydrogen-bond donors (Lipinski definition) is 0. The molecule has 5 nitrogen and oxygen atoms in total. The zero-order chi connectivity index (χ0) is 13.9. The maximum atomic E-state index is 12.4. The number of sulfonamides is 1. The number of rotatable bonds is 1. The van der Waals surface area contributed by atoms with Crippen molar-refractivity contribution in [3.63, 3.8) is 0 Å². The summed E-state index contributed by atoms with van der Waals surface area (Å²) in [5.41, 5.74) is 0. The highest BCUT2D eigenvalue weighted by Crippen LogP contribution is 2.30. The van der Waals surface area contributed by atoms with Crippen molar-refractivity contribution in [3.05, 3.63) is 30.4 Å². The minimum absolute atomic E-state index is 0.172. The average molecular weight is 283 g/mol. The van der Waals surface area contributed by atoms with Gasteiger partial charge in [0.15, 0.2) is 0 Å². The van der Waals surface area contributed by atoms with Gasteiger partial charge in [-0.3, -0.25) is 0 Å². The number of methoxy groups -OCH3 is 1. The fourth-order valence-corrected chi connectivity index (χ4v) is 3.02. The van der Waals surface area contributed by atoms with E-state index >= 15 is 0 Å². The molecule has 0 fully saturated rings. The second-order valence-corrected chi connectivity index (χ2v) is 6.22. The van der Waals surface area contributed by atoms with Crippen LogP contribution >= 0.6 is 0 Å². The van der Waals surface area contributed by atoms with Crippen LogP contribution in [0.5, 0.6) is 11.5 Å². The second-order valence-electron chi connectivity index (χ2n) is 4.21. The maximum Gasteiger partial charge on any atom is 0.246 e. The topological polar surface area (TPSA) is 55.8 Å². The van der Waals surface area contributed by atoms with Crippen molar-refractivity contribution < 1.29 is 17.9 Å². The normalized spacial score (nSPS) is 20.9. The third kappa shape index (κ3) is 2.90. The van der Waals surface area contributed by atoms with Crippen LogP contribution in [0.25, 0.3) is 0 Å². The average Bonchev–Trinajstić information content (AvgIpc) is 2.41. The molecule has 0 radical (unpaired) electrons. The van der Waals surface area contributed by atoms with E-state index in [9.17, 15) is 8.42 Å². The Morgan fingerprint density at radius 3 is 2.84 bits per heavy atom. The number of fused-ring (bicyclic) bond motifs is 1. The first-order valence-corrected chi connectivity index (χ1v) is 7.42. The SMILES string of the molecule is COc1ccc2c(c1)OCC/C=C\CN(C)S2(=O)=O. The monoisotopic (exact) mass is 283 g/mol. The van der Waals surface area contributed by atoms with Crippen molar-refractivity contribution in [1.29, 1.82) is 0 Å². The quantitative estimate of drug-likeness (QED) is 0.735. The van der Waals surface area contributed by atoms with Crippen molar-refractivity contribution >= 4 is 10.0 Å². The van der Waals surface area contributed by atoms with Crippen molar-refractivity contribution in [2.24, 2.45) is 0 Å². The van der Waals surface area contributed by atoms with Gasteiger partial charge < -0.3 is 9.47 Å². The zero-order valence-electron chi connectivity index (χ0n) is 11.0. The van der Waals surface area contributed by atoms with E-state index in [1.807, 2.05) is 12.2 Å². The van der Waals surface area contributed by atoms with Crippen LogP contribution in [0.2, 0.25) is 0 Å². The number of ether oxygens (including phenoxy) is 2. The minimum Gasteiger partial charge on any atom is -0.497 e. The van der Waals surface area contributed by atoms with Gasteiger partial charge in [-0.1, -0.05) is 12.2 Å². The lowest BCUT2D eigenvalue weighted by atomic mass is 10.3. The summed E-state index contributed by atoms with van der Waals surface area (Å²) in [6.45, 7) is 0.795. The van der Waals surface area contributed by atoms with Crippen molar-refractivity contribution in [2.75, 3.05) is 27.3 Å². The van der Waals surface area contributed by atoms with Gasteiger partial charge in [-0.05, 0) is 18.6 Å². The first-order valence-electron chi connectivity index (χ1n) is 5.98. The highest BCUT2D eigenvalue weighted by molar-refractivity contribution is 7.89. The Labute approximate surface area is 113 Å². The molecule has 6 heteroatoms. The van der Waals surface area contributed by atoms with Crippen LogP contribution in [0.15, 0.2) is 35.2 Å². The molecule has 1 aliphatic heterocycles. The molecule has 0 atom stereocenters. The predicted molar refractivity (Wildman–Crippen MR) is 72.1 cm³/mol. The summed E-state index contributed by atoms with van der Waals surface area (Å²) in [5, 5.41) is 0. The third-order valence-electron chi connectivity index (χ3n) is 2.91. The summed E-state index contributed by atoms with van der Waals surface area (Å²) in [4.78, 5) is 0.172.